The maximum absolute atomic E-state index is 15.2. The number of aromatic nitrogens is 1. The van der Waals surface area contributed by atoms with E-state index in [-0.39, 0.29) is 51.4 Å². The lowest BCUT2D eigenvalue weighted by Gasteiger charge is -2.44. The molecule has 3 rings (SSSR count). The highest BCUT2D eigenvalue weighted by Gasteiger charge is 2.29. The Morgan fingerprint density at radius 1 is 1.04 bits per heavy atom. The van der Waals surface area contributed by atoms with Crippen LogP contribution in [0.4, 0.5) is 14.9 Å². The van der Waals surface area contributed by atoms with Crippen LogP contribution in [0.5, 0.6) is 0 Å². The lowest BCUT2D eigenvalue weighted by atomic mass is 9.86. The quantitative estimate of drug-likeness (QED) is 0.180. The number of ether oxygens (including phenoxy) is 2. The van der Waals surface area contributed by atoms with Crippen LogP contribution in [-0.4, -0.2) is 44.5 Å². The lowest BCUT2D eigenvalue weighted by Crippen LogP contribution is -2.35. The van der Waals surface area contributed by atoms with Gasteiger partial charge in [0, 0.05) is 30.3 Å². The number of carbonyl (C=O) groups is 2. The highest BCUT2D eigenvalue weighted by Crippen LogP contribution is 2.36. The number of nitrogens with one attached hydrogen (secondary N) is 1. The second-order valence-electron chi connectivity index (χ2n) is 14.6. The number of carbonyl (C=O) groups excluding carboxylic acids is 2. The summed E-state index contributed by atoms with van der Waals surface area (Å²) in [4.78, 5) is 39.2. The Morgan fingerprint density at radius 2 is 1.70 bits per heavy atom. The van der Waals surface area contributed by atoms with Gasteiger partial charge in [0.2, 0.25) is 5.43 Å². The first-order chi connectivity index (χ1) is 21.1. The summed E-state index contributed by atoms with van der Waals surface area (Å²) in [6.45, 7) is 22.3. The van der Waals surface area contributed by atoms with Gasteiger partial charge >= 0.3 is 12.1 Å². The van der Waals surface area contributed by atoms with Crippen LogP contribution in [0.1, 0.15) is 96.8 Å². The number of nitrogens with zero attached hydrogens (tertiary/aromatic N) is 1. The van der Waals surface area contributed by atoms with E-state index in [1.807, 2.05) is 16.7 Å². The molecule has 46 heavy (non-hydrogen) atoms. The van der Waals surface area contributed by atoms with Gasteiger partial charge in [-0.05, 0) is 68.5 Å². The molecule has 0 saturated carbocycles. The first-order valence-corrected chi connectivity index (χ1v) is 17.7. The molecule has 0 saturated heterocycles. The average Bonchev–Trinajstić information content (AvgIpc) is 2.90. The summed E-state index contributed by atoms with van der Waals surface area (Å²) < 4.78 is 34.2. The Labute approximate surface area is 278 Å². The van der Waals surface area contributed by atoms with E-state index in [1.54, 1.807) is 40.0 Å². The summed E-state index contributed by atoms with van der Waals surface area (Å²) in [5.41, 5.74) is 0.103. The third-order valence-corrected chi connectivity index (χ3v) is 10.6. The fourth-order valence-corrected chi connectivity index (χ4v) is 5.86. The van der Waals surface area contributed by atoms with Crippen LogP contribution in [0.15, 0.2) is 41.3 Å². The lowest BCUT2D eigenvalue weighted by molar-refractivity contribution is 0.0521. The Bertz CT molecular complexity index is 1650. The molecule has 0 aliphatic heterocycles. The Kier molecular flexibility index (Phi) is 11.6. The van der Waals surface area contributed by atoms with E-state index in [2.05, 4.69) is 53.4 Å². The molecule has 11 heteroatoms. The van der Waals surface area contributed by atoms with Crippen LogP contribution in [0.3, 0.4) is 0 Å². The summed E-state index contributed by atoms with van der Waals surface area (Å²) in [7, 11) is -1.18. The van der Waals surface area contributed by atoms with E-state index in [4.69, 9.17) is 25.5 Å². The monoisotopic (exact) mass is 673 g/mol. The first kappa shape index (κ1) is 37.2. The van der Waals surface area contributed by atoms with Crippen molar-refractivity contribution in [1.29, 1.82) is 0 Å². The van der Waals surface area contributed by atoms with Gasteiger partial charge in [-0.15, -0.1) is 14.1 Å². The number of amides is 1. The zero-order valence-corrected chi connectivity index (χ0v) is 30.6. The summed E-state index contributed by atoms with van der Waals surface area (Å²) in [6.07, 6.45) is 0.939. The largest absolute Gasteiger partial charge is 0.586 e. The average molecular weight is 674 g/mol. The summed E-state index contributed by atoms with van der Waals surface area (Å²) in [5, 5.41) is 2.74. The number of hydrogen-bond donors (Lipinski definition) is 1. The molecule has 1 N–H and O–H groups in total. The molecular weight excluding hydrogens is 627 g/mol. The summed E-state index contributed by atoms with van der Waals surface area (Å²) in [5.74, 6) is -1.36. The molecule has 1 aromatic heterocycles. The SMILES string of the molecule is CCOC(=O)c1cn([C@H](CO[Si-](C)C(C)(C)C)C(C)(C)C)c2ccc(Cc3cc(NC(=O)OC(C)(C)C)cc(Cl)c3F)cc2c1=O. The zero-order valence-electron chi connectivity index (χ0n) is 28.8. The summed E-state index contributed by atoms with van der Waals surface area (Å²) >= 11 is 6.20. The molecule has 252 valence electrons. The number of hydrogen-bond acceptors (Lipinski definition) is 6. The standard InChI is InChI=1S/C35H47ClFN2O6Si/c1-12-43-31(41)25-19-39(28(33(2,3)4)20-44-46(11)35(8,9)10)27-14-13-21(16-24(27)30(25)40)15-22-17-23(18-26(36)29(22)37)38-32(42)45-34(5,6)7/h13-14,16-19,28H,12,15,20H2,1-11H3,(H,38,42)/q-1/t28-/m1/s1. The molecule has 0 aliphatic carbocycles. The van der Waals surface area contributed by atoms with Crippen molar-refractivity contribution in [3.63, 3.8) is 0 Å². The normalized spacial score (nSPS) is 13.2. The van der Waals surface area contributed by atoms with Gasteiger partial charge in [0.15, 0.2) is 0 Å². The highest BCUT2D eigenvalue weighted by atomic mass is 35.5. The van der Waals surface area contributed by atoms with E-state index in [1.165, 1.54) is 12.1 Å². The van der Waals surface area contributed by atoms with Gasteiger partial charge in [-0.1, -0.05) is 59.2 Å². The van der Waals surface area contributed by atoms with Crippen LogP contribution in [0.25, 0.3) is 10.9 Å². The van der Waals surface area contributed by atoms with Gasteiger partial charge < -0.3 is 18.5 Å². The Hall–Kier alpha value is -3.21. The number of anilines is 1. The van der Waals surface area contributed by atoms with Gasteiger partial charge in [-0.25, -0.2) is 14.0 Å². The molecule has 8 nitrogen and oxygen atoms in total. The van der Waals surface area contributed by atoms with Crippen LogP contribution in [0.2, 0.25) is 16.6 Å². The van der Waals surface area contributed by atoms with Gasteiger partial charge in [0.1, 0.15) is 17.0 Å². The number of pyridine rings is 1. The number of rotatable bonds is 9. The van der Waals surface area contributed by atoms with E-state index >= 15 is 4.39 Å². The maximum atomic E-state index is 15.2. The van der Waals surface area contributed by atoms with Crippen molar-refractivity contribution in [2.75, 3.05) is 18.5 Å². The van der Waals surface area contributed by atoms with E-state index in [0.717, 1.165) is 0 Å². The number of halogens is 2. The molecular formula is C35H47ClFN2O6Si-. The molecule has 0 radical (unpaired) electrons. The first-order valence-electron chi connectivity index (χ1n) is 15.4. The second-order valence-corrected chi connectivity index (χ2v) is 17.9. The second kappa shape index (κ2) is 14.3. The van der Waals surface area contributed by atoms with Gasteiger partial charge in [-0.2, -0.15) is 6.55 Å². The van der Waals surface area contributed by atoms with E-state index in [9.17, 15) is 14.4 Å². The molecule has 1 atom stereocenters. The smallest absolute Gasteiger partial charge is 0.412 e. The highest BCUT2D eigenvalue weighted by molar-refractivity contribution is 6.53. The van der Waals surface area contributed by atoms with Crippen LogP contribution >= 0.6 is 11.6 Å². The van der Waals surface area contributed by atoms with Crippen molar-refractivity contribution in [2.45, 2.75) is 98.9 Å². The minimum atomic E-state index is -1.18. The third kappa shape index (κ3) is 9.42. The molecule has 3 aromatic rings. The van der Waals surface area contributed by atoms with E-state index < -0.39 is 37.9 Å². The van der Waals surface area contributed by atoms with Crippen molar-refractivity contribution < 1.29 is 27.9 Å². The van der Waals surface area contributed by atoms with Crippen molar-refractivity contribution in [1.82, 2.24) is 4.57 Å². The molecule has 0 aliphatic rings. The van der Waals surface area contributed by atoms with E-state index in [0.29, 0.717) is 23.1 Å². The number of esters is 1. The fraction of sp³-hybridized carbons (Fsp3) is 0.514. The summed E-state index contributed by atoms with van der Waals surface area (Å²) in [6, 6.07) is 7.85. The topological polar surface area (TPSA) is 95.9 Å². The fourth-order valence-electron chi connectivity index (χ4n) is 4.78. The third-order valence-electron chi connectivity index (χ3n) is 7.58. The molecule has 1 amide bonds. The predicted molar refractivity (Wildman–Crippen MR) is 184 cm³/mol. The van der Waals surface area contributed by atoms with Gasteiger partial charge in [-0.3, -0.25) is 10.1 Å². The predicted octanol–water partition coefficient (Wildman–Crippen LogP) is 8.93. The molecule has 0 unspecified atom stereocenters. The van der Waals surface area contributed by atoms with Crippen molar-refractivity contribution in [3.8, 4) is 0 Å². The van der Waals surface area contributed by atoms with Crippen LogP contribution in [0, 0.1) is 11.2 Å². The molecule has 0 spiro atoms. The van der Waals surface area contributed by atoms with Gasteiger partial charge in [0.25, 0.3) is 0 Å². The zero-order chi connectivity index (χ0) is 34.8. The van der Waals surface area contributed by atoms with Crippen LogP contribution in [-0.2, 0) is 20.3 Å². The molecule has 0 fully saturated rings. The van der Waals surface area contributed by atoms with Crippen molar-refractivity contribution in [3.05, 3.63) is 74.3 Å². The minimum Gasteiger partial charge on any atom is -0.586 e. The Morgan fingerprint density at radius 3 is 2.26 bits per heavy atom. The maximum Gasteiger partial charge on any atom is 0.412 e. The molecule has 1 heterocycles. The molecule has 2 aromatic carbocycles. The minimum absolute atomic E-state index is 0.0155. The van der Waals surface area contributed by atoms with Gasteiger partial charge in [0.05, 0.1) is 23.2 Å². The van der Waals surface area contributed by atoms with Crippen molar-refractivity contribution in [2.24, 2.45) is 5.41 Å². The number of fused-ring (bicyclic) bond motifs is 1. The van der Waals surface area contributed by atoms with Crippen molar-refractivity contribution >= 4 is 49.3 Å². The Balaban J connectivity index is 2.14. The van der Waals surface area contributed by atoms with Crippen LogP contribution < -0.4 is 10.7 Å². The number of benzene rings is 2. The molecule has 0 bridgehead atoms.